The van der Waals surface area contributed by atoms with Crippen molar-refractivity contribution in [3.05, 3.63) is 54.1 Å². The molecule has 3 rings (SSSR count). The molecular weight excluding hydrogens is 314 g/mol. The maximum Gasteiger partial charge on any atom is 0.160 e. The van der Waals surface area contributed by atoms with Crippen LogP contribution in [-0.4, -0.2) is 49.8 Å². The van der Waals surface area contributed by atoms with Crippen LogP contribution >= 0.6 is 0 Å². The van der Waals surface area contributed by atoms with Crippen molar-refractivity contribution in [2.75, 3.05) is 44.7 Å². The molecule has 3 N–H and O–H groups in total. The van der Waals surface area contributed by atoms with Crippen molar-refractivity contribution in [3.8, 4) is 11.5 Å². The molecule has 0 bridgehead atoms. The first kappa shape index (κ1) is 17.6. The fourth-order valence-corrected chi connectivity index (χ4v) is 3.55. The van der Waals surface area contributed by atoms with Gasteiger partial charge in [0, 0.05) is 37.9 Å². The van der Waals surface area contributed by atoms with Crippen LogP contribution in [0, 0.1) is 0 Å². The van der Waals surface area contributed by atoms with Gasteiger partial charge in [-0.2, -0.15) is 0 Å². The maximum atomic E-state index is 9.85. The Bertz CT molecular complexity index is 670. The molecule has 5 nitrogen and oxygen atoms in total. The molecule has 5 heteroatoms. The van der Waals surface area contributed by atoms with Crippen LogP contribution in [0.1, 0.15) is 18.0 Å². The van der Waals surface area contributed by atoms with Crippen molar-refractivity contribution in [1.29, 1.82) is 0 Å². The van der Waals surface area contributed by atoms with E-state index in [9.17, 15) is 5.11 Å². The highest BCUT2D eigenvalue weighted by atomic mass is 16.5. The summed E-state index contributed by atoms with van der Waals surface area (Å²) in [5, 5.41) is 9.85. The molecule has 25 heavy (non-hydrogen) atoms. The number of benzene rings is 2. The number of rotatable bonds is 6. The van der Waals surface area contributed by atoms with Crippen LogP contribution in [0.25, 0.3) is 0 Å². The SMILES string of the molecule is COc1cc(C(CCN)N2CCN(c3ccccc3)CC2)ccc1O. The first-order valence-electron chi connectivity index (χ1n) is 8.84. The molecule has 0 spiro atoms. The van der Waals surface area contributed by atoms with Crippen LogP contribution in [0.5, 0.6) is 11.5 Å². The van der Waals surface area contributed by atoms with E-state index in [2.05, 4.69) is 40.1 Å². The van der Waals surface area contributed by atoms with Crippen LogP contribution in [-0.2, 0) is 0 Å². The fraction of sp³-hybridized carbons (Fsp3) is 0.400. The van der Waals surface area contributed by atoms with Crippen LogP contribution < -0.4 is 15.4 Å². The van der Waals surface area contributed by atoms with Gasteiger partial charge in [0.2, 0.25) is 0 Å². The smallest absolute Gasteiger partial charge is 0.160 e. The number of para-hydroxylation sites is 1. The normalized spacial score (nSPS) is 16.6. The lowest BCUT2D eigenvalue weighted by Crippen LogP contribution is -2.48. The maximum absolute atomic E-state index is 9.85. The Morgan fingerprint density at radius 1 is 1.08 bits per heavy atom. The first-order valence-corrected chi connectivity index (χ1v) is 8.84. The van der Waals surface area contributed by atoms with Crippen LogP contribution in [0.2, 0.25) is 0 Å². The number of anilines is 1. The minimum absolute atomic E-state index is 0.173. The summed E-state index contributed by atoms with van der Waals surface area (Å²) in [4.78, 5) is 4.91. The van der Waals surface area contributed by atoms with Crippen LogP contribution in [0.15, 0.2) is 48.5 Å². The summed E-state index contributed by atoms with van der Waals surface area (Å²) in [6.07, 6.45) is 0.888. The van der Waals surface area contributed by atoms with Crippen LogP contribution in [0.4, 0.5) is 5.69 Å². The van der Waals surface area contributed by atoms with Crippen molar-refractivity contribution in [1.82, 2.24) is 4.90 Å². The zero-order valence-electron chi connectivity index (χ0n) is 14.8. The Labute approximate surface area is 149 Å². The number of ether oxygens (including phenoxy) is 1. The zero-order valence-corrected chi connectivity index (χ0v) is 14.8. The Morgan fingerprint density at radius 2 is 1.80 bits per heavy atom. The molecule has 1 unspecified atom stereocenters. The summed E-state index contributed by atoms with van der Waals surface area (Å²) in [6.45, 7) is 4.61. The van der Waals surface area contributed by atoms with Crippen molar-refractivity contribution < 1.29 is 9.84 Å². The molecule has 134 valence electrons. The third-order valence-electron chi connectivity index (χ3n) is 4.91. The van der Waals surface area contributed by atoms with Crippen molar-refractivity contribution >= 4 is 5.69 Å². The number of methoxy groups -OCH3 is 1. The number of nitrogens with two attached hydrogens (primary N) is 1. The third-order valence-corrected chi connectivity index (χ3v) is 4.91. The van der Waals surface area contributed by atoms with Gasteiger partial charge < -0.3 is 20.5 Å². The fourth-order valence-electron chi connectivity index (χ4n) is 3.55. The van der Waals surface area contributed by atoms with Gasteiger partial charge in [-0.15, -0.1) is 0 Å². The second-order valence-electron chi connectivity index (χ2n) is 6.38. The molecule has 2 aromatic rings. The second kappa shape index (κ2) is 8.23. The molecule has 2 aromatic carbocycles. The van der Waals surface area contributed by atoms with Crippen molar-refractivity contribution in [3.63, 3.8) is 0 Å². The summed E-state index contributed by atoms with van der Waals surface area (Å²) in [6, 6.07) is 16.4. The van der Waals surface area contributed by atoms with E-state index in [1.807, 2.05) is 12.1 Å². The summed E-state index contributed by atoms with van der Waals surface area (Å²) in [7, 11) is 1.58. The zero-order chi connectivity index (χ0) is 17.6. The largest absolute Gasteiger partial charge is 0.504 e. The molecule has 1 fully saturated rings. The third kappa shape index (κ3) is 4.06. The lowest BCUT2D eigenvalue weighted by atomic mass is 10.00. The van der Waals surface area contributed by atoms with Gasteiger partial charge in [0.15, 0.2) is 11.5 Å². The highest BCUT2D eigenvalue weighted by Gasteiger charge is 2.25. The van der Waals surface area contributed by atoms with Gasteiger partial charge in [-0.25, -0.2) is 0 Å². The molecule has 0 amide bonds. The average Bonchev–Trinajstić information content (AvgIpc) is 2.68. The van der Waals surface area contributed by atoms with E-state index < -0.39 is 0 Å². The standard InChI is InChI=1S/C20H27N3O2/c1-25-20-15-16(7-8-19(20)24)18(9-10-21)23-13-11-22(12-14-23)17-5-3-2-4-6-17/h2-8,15,18,24H,9-14,21H2,1H3. The highest BCUT2D eigenvalue weighted by Crippen LogP contribution is 2.33. The number of hydrogen-bond donors (Lipinski definition) is 2. The lowest BCUT2D eigenvalue weighted by molar-refractivity contribution is 0.178. The van der Waals surface area contributed by atoms with E-state index in [1.54, 1.807) is 13.2 Å². The number of aromatic hydroxyl groups is 1. The van der Waals surface area contributed by atoms with Gasteiger partial charge in [-0.05, 0) is 42.8 Å². The molecule has 0 saturated carbocycles. The van der Waals surface area contributed by atoms with E-state index >= 15 is 0 Å². The van der Waals surface area contributed by atoms with E-state index in [0.717, 1.165) is 38.2 Å². The summed E-state index contributed by atoms with van der Waals surface area (Å²) in [5.41, 5.74) is 8.30. The molecule has 0 aliphatic carbocycles. The summed E-state index contributed by atoms with van der Waals surface area (Å²) < 4.78 is 5.27. The lowest BCUT2D eigenvalue weighted by Gasteiger charge is -2.40. The minimum atomic E-state index is 0.173. The molecule has 1 atom stereocenters. The Kier molecular flexibility index (Phi) is 5.79. The first-order chi connectivity index (χ1) is 12.2. The van der Waals surface area contributed by atoms with Gasteiger partial charge >= 0.3 is 0 Å². The van der Waals surface area contributed by atoms with E-state index in [0.29, 0.717) is 12.3 Å². The topological polar surface area (TPSA) is 62.0 Å². The summed E-state index contributed by atoms with van der Waals surface area (Å²) >= 11 is 0. The molecule has 1 aliphatic heterocycles. The van der Waals surface area contributed by atoms with Crippen molar-refractivity contribution in [2.45, 2.75) is 12.5 Å². The molecular formula is C20H27N3O2. The monoisotopic (exact) mass is 341 g/mol. The van der Waals surface area contributed by atoms with E-state index in [4.69, 9.17) is 10.5 Å². The molecule has 1 aliphatic rings. The molecule has 1 saturated heterocycles. The van der Waals surface area contributed by atoms with Crippen LogP contribution in [0.3, 0.4) is 0 Å². The predicted molar refractivity (Wildman–Crippen MR) is 101 cm³/mol. The van der Waals surface area contributed by atoms with Crippen molar-refractivity contribution in [2.24, 2.45) is 5.73 Å². The Morgan fingerprint density at radius 3 is 2.44 bits per heavy atom. The number of hydrogen-bond acceptors (Lipinski definition) is 5. The number of phenols is 1. The highest BCUT2D eigenvalue weighted by molar-refractivity contribution is 5.46. The molecule has 0 aromatic heterocycles. The van der Waals surface area contributed by atoms with Gasteiger partial charge in [0.1, 0.15) is 0 Å². The second-order valence-corrected chi connectivity index (χ2v) is 6.38. The van der Waals surface area contributed by atoms with Gasteiger partial charge in [-0.1, -0.05) is 24.3 Å². The van der Waals surface area contributed by atoms with Gasteiger partial charge in [-0.3, -0.25) is 4.90 Å². The molecule has 1 heterocycles. The van der Waals surface area contributed by atoms with Gasteiger partial charge in [0.05, 0.1) is 7.11 Å². The Balaban J connectivity index is 1.72. The van der Waals surface area contributed by atoms with E-state index in [-0.39, 0.29) is 11.8 Å². The number of nitrogens with zero attached hydrogens (tertiary/aromatic N) is 2. The van der Waals surface area contributed by atoms with Gasteiger partial charge in [0.25, 0.3) is 0 Å². The minimum Gasteiger partial charge on any atom is -0.504 e. The summed E-state index contributed by atoms with van der Waals surface area (Å²) in [5.74, 6) is 0.689. The average molecular weight is 341 g/mol. The Hall–Kier alpha value is -2.24. The number of phenolic OH excluding ortho intramolecular Hbond substituents is 1. The quantitative estimate of drug-likeness (QED) is 0.846. The van der Waals surface area contributed by atoms with E-state index in [1.165, 1.54) is 5.69 Å². The number of piperazine rings is 1. The molecule has 0 radical (unpaired) electrons. The predicted octanol–water partition coefficient (Wildman–Crippen LogP) is 2.61.